The molecule has 0 aliphatic heterocycles. The quantitative estimate of drug-likeness (QED) is 0.769. The average Bonchev–Trinajstić information content (AvgIpc) is 3.02. The smallest absolute Gasteiger partial charge is 0.303 e. The molecule has 3 heteroatoms. The van der Waals surface area contributed by atoms with Gasteiger partial charge in [-0.25, -0.2) is 0 Å². The minimum atomic E-state index is -0.687. The molecule has 0 bridgehead atoms. The van der Waals surface area contributed by atoms with Crippen molar-refractivity contribution < 1.29 is 9.90 Å². The molecule has 0 radical (unpaired) electrons. The predicted octanol–water partition coefficient (Wildman–Crippen LogP) is 3.24. The summed E-state index contributed by atoms with van der Waals surface area (Å²) >= 11 is 0. The molecule has 1 aromatic heterocycles. The maximum atomic E-state index is 10.4. The Balaban J connectivity index is 1.92. The van der Waals surface area contributed by atoms with Crippen molar-refractivity contribution >= 4 is 5.97 Å². The molecule has 0 spiro atoms. The van der Waals surface area contributed by atoms with Gasteiger partial charge in [0.05, 0.1) is 0 Å². The third kappa shape index (κ3) is 2.90. The van der Waals surface area contributed by atoms with Gasteiger partial charge in [-0.2, -0.15) is 0 Å². The number of rotatable bonds is 6. The average molecular weight is 235 g/mol. The fourth-order valence-electron chi connectivity index (χ4n) is 2.58. The molecule has 0 atom stereocenters. The molecule has 0 aromatic carbocycles. The number of hydrogen-bond donors (Lipinski definition) is 1. The highest BCUT2D eigenvalue weighted by Crippen LogP contribution is 2.38. The van der Waals surface area contributed by atoms with Crippen molar-refractivity contribution in [2.24, 2.45) is 0 Å². The van der Waals surface area contributed by atoms with E-state index in [9.17, 15) is 4.79 Å². The largest absolute Gasteiger partial charge is 0.481 e. The number of unbranched alkanes of at least 4 members (excludes halogenated alkanes) is 1. The van der Waals surface area contributed by atoms with Crippen molar-refractivity contribution in [3.63, 3.8) is 0 Å². The van der Waals surface area contributed by atoms with Crippen LogP contribution in [0.4, 0.5) is 0 Å². The molecular formula is C14H21NO2. The Morgan fingerprint density at radius 1 is 1.41 bits per heavy atom. The molecule has 1 saturated carbocycles. The van der Waals surface area contributed by atoms with Gasteiger partial charge >= 0.3 is 5.97 Å². The lowest BCUT2D eigenvalue weighted by molar-refractivity contribution is -0.137. The standard InChI is InChI=1S/C14H21NO2/c1-10-9-12(5-3-4-6-14(16)17)11(2)15(10)13-7-8-13/h9,13H,3-8H2,1-2H3,(H,16,17). The van der Waals surface area contributed by atoms with Crippen LogP contribution in [0.15, 0.2) is 6.07 Å². The molecule has 0 amide bonds. The highest BCUT2D eigenvalue weighted by atomic mass is 16.4. The Labute approximate surface area is 102 Å². The van der Waals surface area contributed by atoms with Crippen LogP contribution in [0.5, 0.6) is 0 Å². The predicted molar refractivity (Wildman–Crippen MR) is 67.4 cm³/mol. The van der Waals surface area contributed by atoms with Gasteiger partial charge in [-0.05, 0) is 57.6 Å². The van der Waals surface area contributed by atoms with Gasteiger partial charge in [0.15, 0.2) is 0 Å². The fourth-order valence-corrected chi connectivity index (χ4v) is 2.58. The van der Waals surface area contributed by atoms with E-state index in [-0.39, 0.29) is 0 Å². The zero-order chi connectivity index (χ0) is 12.4. The summed E-state index contributed by atoms with van der Waals surface area (Å²) < 4.78 is 2.45. The summed E-state index contributed by atoms with van der Waals surface area (Å²) in [6.07, 6.45) is 5.69. The first-order chi connectivity index (χ1) is 8.09. The van der Waals surface area contributed by atoms with Crippen molar-refractivity contribution in [2.45, 2.75) is 58.4 Å². The summed E-state index contributed by atoms with van der Waals surface area (Å²) in [5.74, 6) is -0.687. The maximum absolute atomic E-state index is 10.4. The van der Waals surface area contributed by atoms with Crippen LogP contribution >= 0.6 is 0 Å². The number of nitrogens with zero attached hydrogens (tertiary/aromatic N) is 1. The van der Waals surface area contributed by atoms with Crippen molar-refractivity contribution in [1.82, 2.24) is 4.57 Å². The normalized spacial score (nSPS) is 15.2. The van der Waals surface area contributed by atoms with Gasteiger partial charge in [-0.15, -0.1) is 0 Å². The van der Waals surface area contributed by atoms with Crippen molar-refractivity contribution in [3.8, 4) is 0 Å². The second kappa shape index (κ2) is 4.94. The Morgan fingerprint density at radius 3 is 2.71 bits per heavy atom. The number of aryl methyl sites for hydroxylation is 2. The number of aliphatic carboxylic acids is 1. The first-order valence-corrected chi connectivity index (χ1v) is 6.48. The van der Waals surface area contributed by atoms with Crippen LogP contribution in [-0.2, 0) is 11.2 Å². The Morgan fingerprint density at radius 2 is 2.12 bits per heavy atom. The summed E-state index contributed by atoms with van der Waals surface area (Å²) in [7, 11) is 0. The first kappa shape index (κ1) is 12.2. The van der Waals surface area contributed by atoms with Gasteiger partial charge in [-0.3, -0.25) is 4.79 Å². The minimum absolute atomic E-state index is 0.293. The maximum Gasteiger partial charge on any atom is 0.303 e. The van der Waals surface area contributed by atoms with Crippen LogP contribution in [0.25, 0.3) is 0 Å². The highest BCUT2D eigenvalue weighted by molar-refractivity contribution is 5.66. The van der Waals surface area contributed by atoms with Gasteiger partial charge < -0.3 is 9.67 Å². The van der Waals surface area contributed by atoms with Crippen LogP contribution in [0, 0.1) is 13.8 Å². The Kier molecular flexibility index (Phi) is 3.55. The summed E-state index contributed by atoms with van der Waals surface area (Å²) in [6.45, 7) is 4.36. The zero-order valence-corrected chi connectivity index (χ0v) is 10.7. The fraction of sp³-hybridized carbons (Fsp3) is 0.643. The van der Waals surface area contributed by atoms with Crippen LogP contribution in [0.3, 0.4) is 0 Å². The Bertz CT molecular complexity index is 416. The van der Waals surface area contributed by atoms with Gasteiger partial charge in [0.25, 0.3) is 0 Å². The number of carboxylic acid groups (broad SMARTS) is 1. The molecular weight excluding hydrogens is 214 g/mol. The molecule has 1 N–H and O–H groups in total. The van der Waals surface area contributed by atoms with E-state index >= 15 is 0 Å². The van der Waals surface area contributed by atoms with Crippen LogP contribution < -0.4 is 0 Å². The summed E-state index contributed by atoms with van der Waals surface area (Å²) in [5, 5.41) is 8.59. The number of aromatic nitrogens is 1. The lowest BCUT2D eigenvalue weighted by Gasteiger charge is -2.07. The molecule has 0 saturated heterocycles. The number of hydrogen-bond acceptors (Lipinski definition) is 1. The van der Waals surface area contributed by atoms with E-state index in [0.29, 0.717) is 6.42 Å². The van der Waals surface area contributed by atoms with Crippen molar-refractivity contribution in [1.29, 1.82) is 0 Å². The monoisotopic (exact) mass is 235 g/mol. The van der Waals surface area contributed by atoms with Crippen LogP contribution in [0.2, 0.25) is 0 Å². The zero-order valence-electron chi connectivity index (χ0n) is 10.7. The van der Waals surface area contributed by atoms with E-state index in [1.807, 2.05) is 0 Å². The Hall–Kier alpha value is -1.25. The lowest BCUT2D eigenvalue weighted by atomic mass is 10.1. The lowest BCUT2D eigenvalue weighted by Crippen LogP contribution is -2.00. The molecule has 17 heavy (non-hydrogen) atoms. The van der Waals surface area contributed by atoms with Gasteiger partial charge in [-0.1, -0.05) is 0 Å². The third-order valence-electron chi connectivity index (χ3n) is 3.59. The topological polar surface area (TPSA) is 42.2 Å². The summed E-state index contributed by atoms with van der Waals surface area (Å²) in [6, 6.07) is 3.01. The SMILES string of the molecule is Cc1cc(CCCCC(=O)O)c(C)n1C1CC1. The van der Waals surface area contributed by atoms with Gasteiger partial charge in [0, 0.05) is 23.9 Å². The molecule has 1 aromatic rings. The molecule has 1 heterocycles. The molecule has 3 nitrogen and oxygen atoms in total. The van der Waals surface area contributed by atoms with E-state index in [1.165, 1.54) is 29.8 Å². The molecule has 1 aliphatic carbocycles. The molecule has 1 aliphatic rings. The first-order valence-electron chi connectivity index (χ1n) is 6.48. The van der Waals surface area contributed by atoms with E-state index in [1.54, 1.807) is 0 Å². The highest BCUT2D eigenvalue weighted by Gasteiger charge is 2.26. The molecule has 0 unspecified atom stereocenters. The van der Waals surface area contributed by atoms with E-state index in [2.05, 4.69) is 24.5 Å². The number of carbonyl (C=O) groups is 1. The van der Waals surface area contributed by atoms with Crippen molar-refractivity contribution in [2.75, 3.05) is 0 Å². The van der Waals surface area contributed by atoms with E-state index in [0.717, 1.165) is 25.3 Å². The van der Waals surface area contributed by atoms with Gasteiger partial charge in [0.1, 0.15) is 0 Å². The molecule has 94 valence electrons. The summed E-state index contributed by atoms with van der Waals surface area (Å²) in [5.41, 5.74) is 4.15. The summed E-state index contributed by atoms with van der Waals surface area (Å²) in [4.78, 5) is 10.4. The van der Waals surface area contributed by atoms with Crippen LogP contribution in [-0.4, -0.2) is 15.6 Å². The van der Waals surface area contributed by atoms with Crippen LogP contribution in [0.1, 0.15) is 55.1 Å². The van der Waals surface area contributed by atoms with Gasteiger partial charge in [0.2, 0.25) is 0 Å². The second-order valence-corrected chi connectivity index (χ2v) is 5.10. The third-order valence-corrected chi connectivity index (χ3v) is 3.59. The minimum Gasteiger partial charge on any atom is -0.481 e. The molecule has 1 fully saturated rings. The van der Waals surface area contributed by atoms with E-state index in [4.69, 9.17) is 5.11 Å². The molecule has 2 rings (SSSR count). The van der Waals surface area contributed by atoms with Crippen molar-refractivity contribution in [3.05, 3.63) is 23.0 Å². The number of carboxylic acids is 1. The van der Waals surface area contributed by atoms with E-state index < -0.39 is 5.97 Å². The second-order valence-electron chi connectivity index (χ2n) is 5.10.